The lowest BCUT2D eigenvalue weighted by atomic mass is 9.79. The Bertz CT molecular complexity index is 581. The number of hydrogen-bond acceptors (Lipinski definition) is 2. The van der Waals surface area contributed by atoms with Crippen molar-refractivity contribution in [3.8, 4) is 5.75 Å². The minimum absolute atomic E-state index is 0. The van der Waals surface area contributed by atoms with Gasteiger partial charge in [-0.1, -0.05) is 19.3 Å². The summed E-state index contributed by atoms with van der Waals surface area (Å²) in [5, 5.41) is 0. The van der Waals surface area contributed by atoms with Gasteiger partial charge in [-0.15, -0.1) is 12.4 Å². The highest BCUT2D eigenvalue weighted by atomic mass is 35.5. The number of nitrogens with two attached hydrogens (primary N) is 1. The van der Waals surface area contributed by atoms with Gasteiger partial charge in [0.25, 0.3) is 0 Å². The van der Waals surface area contributed by atoms with Crippen molar-refractivity contribution in [2.45, 2.75) is 50.5 Å². The minimum atomic E-state index is -4.95. The lowest BCUT2D eigenvalue weighted by Gasteiger charge is -2.31. The molecular weight excluding hydrogens is 372 g/mol. The fourth-order valence-electron chi connectivity index (χ4n) is 3.27. The van der Waals surface area contributed by atoms with Crippen LogP contribution in [0.3, 0.4) is 0 Å². The molecule has 25 heavy (non-hydrogen) atoms. The average Bonchev–Trinajstić information content (AvgIpc) is 2.52. The Hall–Kier alpha value is -1.15. The summed E-state index contributed by atoms with van der Waals surface area (Å²) in [7, 11) is 1.05. The van der Waals surface area contributed by atoms with Crippen LogP contribution in [0, 0.1) is 5.92 Å². The second kappa shape index (κ2) is 8.03. The molecule has 1 fully saturated rings. The molecule has 0 bridgehead atoms. The van der Waals surface area contributed by atoms with Crippen molar-refractivity contribution in [2.24, 2.45) is 11.7 Å². The first-order valence-electron chi connectivity index (χ1n) is 7.67. The zero-order valence-corrected chi connectivity index (χ0v) is 14.3. The predicted molar refractivity (Wildman–Crippen MR) is 83.7 cm³/mol. The molecule has 1 saturated carbocycles. The third kappa shape index (κ3) is 4.94. The summed E-state index contributed by atoms with van der Waals surface area (Å²) < 4.78 is 83.7. The highest BCUT2D eigenvalue weighted by Crippen LogP contribution is 2.46. The van der Waals surface area contributed by atoms with Crippen molar-refractivity contribution >= 4 is 12.4 Å². The maximum absolute atomic E-state index is 13.4. The third-order valence-electron chi connectivity index (χ3n) is 4.49. The SMILES string of the molecule is COc1cc(C(F)(F)F)cc(C(F)(F)F)c1[C@@H](N)C1CCCCC1.Cl. The Kier molecular flexibility index (Phi) is 7.03. The molecule has 1 aliphatic carbocycles. The van der Waals surface area contributed by atoms with E-state index in [1.807, 2.05) is 0 Å². The van der Waals surface area contributed by atoms with Crippen LogP contribution in [-0.4, -0.2) is 7.11 Å². The molecule has 0 aliphatic heterocycles. The molecule has 0 amide bonds. The Morgan fingerprint density at radius 1 is 1.00 bits per heavy atom. The van der Waals surface area contributed by atoms with E-state index in [1.165, 1.54) is 0 Å². The Morgan fingerprint density at radius 3 is 2.00 bits per heavy atom. The fourth-order valence-corrected chi connectivity index (χ4v) is 3.27. The van der Waals surface area contributed by atoms with Crippen molar-refractivity contribution in [1.29, 1.82) is 0 Å². The highest BCUT2D eigenvalue weighted by Gasteiger charge is 2.42. The molecule has 2 rings (SSSR count). The van der Waals surface area contributed by atoms with E-state index in [1.54, 1.807) is 0 Å². The first-order chi connectivity index (χ1) is 11.1. The molecule has 9 heteroatoms. The first-order valence-corrected chi connectivity index (χ1v) is 7.67. The van der Waals surface area contributed by atoms with E-state index >= 15 is 0 Å². The van der Waals surface area contributed by atoms with Crippen molar-refractivity contribution in [1.82, 2.24) is 0 Å². The van der Waals surface area contributed by atoms with E-state index in [2.05, 4.69) is 0 Å². The molecule has 0 heterocycles. The van der Waals surface area contributed by atoms with Crippen LogP contribution in [0.25, 0.3) is 0 Å². The van der Waals surface area contributed by atoms with Crippen LogP contribution < -0.4 is 10.5 Å². The van der Waals surface area contributed by atoms with E-state index in [-0.39, 0.29) is 30.0 Å². The summed E-state index contributed by atoms with van der Waals surface area (Å²) in [6, 6.07) is -0.299. The Morgan fingerprint density at radius 2 is 1.56 bits per heavy atom. The topological polar surface area (TPSA) is 35.2 Å². The number of benzene rings is 1. The van der Waals surface area contributed by atoms with Crippen LogP contribution >= 0.6 is 12.4 Å². The van der Waals surface area contributed by atoms with Crippen molar-refractivity contribution in [2.75, 3.05) is 7.11 Å². The first kappa shape index (κ1) is 21.9. The van der Waals surface area contributed by atoms with E-state index in [9.17, 15) is 26.3 Å². The van der Waals surface area contributed by atoms with Crippen LogP contribution in [-0.2, 0) is 12.4 Å². The molecular formula is C16H20ClF6NO. The van der Waals surface area contributed by atoms with Gasteiger partial charge in [0, 0.05) is 11.6 Å². The summed E-state index contributed by atoms with van der Waals surface area (Å²) in [5.41, 5.74) is 2.89. The quantitative estimate of drug-likeness (QED) is 0.667. The minimum Gasteiger partial charge on any atom is -0.496 e. The summed E-state index contributed by atoms with van der Waals surface area (Å²) in [4.78, 5) is 0. The van der Waals surface area contributed by atoms with Gasteiger partial charge in [-0.25, -0.2) is 0 Å². The van der Waals surface area contributed by atoms with Gasteiger partial charge in [0.2, 0.25) is 0 Å². The molecule has 1 aromatic carbocycles. The number of alkyl halides is 6. The average molecular weight is 392 g/mol. The molecule has 0 spiro atoms. The lowest BCUT2D eigenvalue weighted by molar-refractivity contribution is -0.143. The van der Waals surface area contributed by atoms with Gasteiger partial charge >= 0.3 is 12.4 Å². The summed E-state index contributed by atoms with van der Waals surface area (Å²) in [6.45, 7) is 0. The second-order valence-corrected chi connectivity index (χ2v) is 6.06. The van der Waals surface area contributed by atoms with E-state index in [0.717, 1.165) is 26.4 Å². The highest BCUT2D eigenvalue weighted by molar-refractivity contribution is 5.85. The van der Waals surface area contributed by atoms with Crippen LogP contribution in [0.5, 0.6) is 5.75 Å². The van der Waals surface area contributed by atoms with Gasteiger partial charge in [0.1, 0.15) is 5.75 Å². The molecule has 0 unspecified atom stereocenters. The van der Waals surface area contributed by atoms with Gasteiger partial charge in [-0.05, 0) is 30.9 Å². The van der Waals surface area contributed by atoms with E-state index < -0.39 is 35.3 Å². The van der Waals surface area contributed by atoms with Crippen LogP contribution in [0.4, 0.5) is 26.3 Å². The van der Waals surface area contributed by atoms with E-state index in [0.29, 0.717) is 18.9 Å². The number of methoxy groups -OCH3 is 1. The number of hydrogen-bond donors (Lipinski definition) is 1. The van der Waals surface area contributed by atoms with Crippen molar-refractivity contribution in [3.05, 3.63) is 28.8 Å². The largest absolute Gasteiger partial charge is 0.496 e. The van der Waals surface area contributed by atoms with Gasteiger partial charge in [-0.3, -0.25) is 0 Å². The number of rotatable bonds is 3. The maximum atomic E-state index is 13.4. The molecule has 0 radical (unpaired) electrons. The predicted octanol–water partition coefficient (Wildman–Crippen LogP) is 5.73. The molecule has 1 aliphatic rings. The maximum Gasteiger partial charge on any atom is 0.416 e. The zero-order valence-electron chi connectivity index (χ0n) is 13.5. The molecule has 1 aromatic rings. The number of ether oxygens (including phenoxy) is 1. The molecule has 0 saturated heterocycles. The monoisotopic (exact) mass is 391 g/mol. The van der Waals surface area contributed by atoms with Gasteiger partial charge in [0.05, 0.1) is 18.2 Å². The van der Waals surface area contributed by atoms with Crippen molar-refractivity contribution < 1.29 is 31.1 Å². The van der Waals surface area contributed by atoms with Gasteiger partial charge in [0.15, 0.2) is 0 Å². The van der Waals surface area contributed by atoms with Crippen LogP contribution in [0.2, 0.25) is 0 Å². The van der Waals surface area contributed by atoms with E-state index in [4.69, 9.17) is 10.5 Å². The standard InChI is InChI=1S/C16H19F6NO.ClH/c1-24-12-8-10(15(17,18)19)7-11(16(20,21)22)13(12)14(23)9-5-3-2-4-6-9;/h7-9,14H,2-6,23H2,1H3;1H/t14-;/m0./s1. The molecule has 2 N–H and O–H groups in total. The zero-order chi connectivity index (χ0) is 18.1. The molecule has 1 atom stereocenters. The number of halogens is 7. The molecule has 144 valence electrons. The summed E-state index contributed by atoms with van der Waals surface area (Å²) >= 11 is 0. The van der Waals surface area contributed by atoms with Gasteiger partial charge in [-0.2, -0.15) is 26.3 Å². The summed E-state index contributed by atoms with van der Waals surface area (Å²) in [5.74, 6) is -0.666. The van der Waals surface area contributed by atoms with Crippen LogP contribution in [0.1, 0.15) is 54.8 Å². The molecule has 0 aromatic heterocycles. The lowest BCUT2D eigenvalue weighted by Crippen LogP contribution is -2.27. The second-order valence-electron chi connectivity index (χ2n) is 6.06. The molecule has 2 nitrogen and oxygen atoms in total. The smallest absolute Gasteiger partial charge is 0.416 e. The third-order valence-corrected chi connectivity index (χ3v) is 4.49. The fraction of sp³-hybridized carbons (Fsp3) is 0.625. The summed E-state index contributed by atoms with van der Waals surface area (Å²) in [6.07, 6.45) is -5.85. The van der Waals surface area contributed by atoms with Gasteiger partial charge < -0.3 is 10.5 Å². The normalized spacial score (nSPS) is 17.8. The Balaban J connectivity index is 0.00000312. The van der Waals surface area contributed by atoms with Crippen LogP contribution in [0.15, 0.2) is 12.1 Å². The Labute approximate surface area is 148 Å². The van der Waals surface area contributed by atoms with Crippen molar-refractivity contribution in [3.63, 3.8) is 0 Å².